The zero-order chi connectivity index (χ0) is 14.4. The van der Waals surface area contributed by atoms with E-state index in [4.69, 9.17) is 11.1 Å². The Labute approximate surface area is 120 Å². The highest BCUT2D eigenvalue weighted by Gasteiger charge is 2.29. The van der Waals surface area contributed by atoms with E-state index >= 15 is 0 Å². The van der Waals surface area contributed by atoms with Crippen LogP contribution in [0.15, 0.2) is 40.3 Å². The molecule has 2 rings (SSSR count). The summed E-state index contributed by atoms with van der Waals surface area (Å²) in [7, 11) is 1.77. The zero-order valence-electron chi connectivity index (χ0n) is 11.9. The summed E-state index contributed by atoms with van der Waals surface area (Å²) in [5, 5.41) is 8.19. The van der Waals surface area contributed by atoms with Crippen molar-refractivity contribution in [3.05, 3.63) is 35.9 Å². The molecule has 3 atom stereocenters. The third-order valence-electron chi connectivity index (χ3n) is 3.88. The number of aliphatic imine (C=N–C) groups is 2. The molecule has 0 radical (unpaired) electrons. The Balaban J connectivity index is 2.26. The monoisotopic (exact) mass is 270 g/mol. The minimum Gasteiger partial charge on any atom is -0.390 e. The first kappa shape index (κ1) is 14.4. The number of rotatable bonds is 3. The quantitative estimate of drug-likeness (QED) is 0.494. The van der Waals surface area contributed by atoms with Gasteiger partial charge in [0.05, 0.1) is 12.4 Å². The van der Waals surface area contributed by atoms with Gasteiger partial charge in [0.15, 0.2) is 0 Å². The summed E-state index contributed by atoms with van der Waals surface area (Å²) in [6.07, 6.45) is 5.74. The Morgan fingerprint density at radius 3 is 2.65 bits per heavy atom. The summed E-state index contributed by atoms with van der Waals surface area (Å²) in [5.74, 6) is 0.522. The maximum Gasteiger partial charge on any atom is 0.0801 e. The number of nitrogens with zero attached hydrogens (tertiary/aromatic N) is 2. The lowest BCUT2D eigenvalue weighted by Crippen LogP contribution is -2.22. The Hall–Kier alpha value is -1.97. The molecule has 0 heterocycles. The van der Waals surface area contributed by atoms with Crippen molar-refractivity contribution < 1.29 is 0 Å². The lowest BCUT2D eigenvalue weighted by atomic mass is 9.89. The van der Waals surface area contributed by atoms with Gasteiger partial charge >= 0.3 is 0 Å². The molecule has 1 aliphatic rings. The summed E-state index contributed by atoms with van der Waals surface area (Å²) >= 11 is 0. The fourth-order valence-electron chi connectivity index (χ4n) is 2.96. The van der Waals surface area contributed by atoms with Gasteiger partial charge in [-0.15, -0.1) is 0 Å². The van der Waals surface area contributed by atoms with E-state index in [9.17, 15) is 0 Å². The smallest absolute Gasteiger partial charge is 0.0801 e. The molecule has 0 saturated heterocycles. The fraction of sp³-hybridized carbons (Fsp3) is 0.438. The number of hydrogen-bond acceptors (Lipinski definition) is 3. The molecule has 106 valence electrons. The highest BCUT2D eigenvalue weighted by Crippen LogP contribution is 2.33. The highest BCUT2D eigenvalue weighted by atomic mass is 14.9. The van der Waals surface area contributed by atoms with E-state index in [0.717, 1.165) is 25.0 Å². The molecular formula is C16H22N4. The molecule has 0 aromatic heterocycles. The van der Waals surface area contributed by atoms with Gasteiger partial charge in [0.1, 0.15) is 0 Å². The molecule has 1 aromatic carbocycles. The average Bonchev–Trinajstić information content (AvgIpc) is 2.60. The molecule has 1 aliphatic carbocycles. The maximum absolute atomic E-state index is 8.19. The van der Waals surface area contributed by atoms with Crippen LogP contribution in [0.5, 0.6) is 0 Å². The zero-order valence-corrected chi connectivity index (χ0v) is 11.9. The van der Waals surface area contributed by atoms with Crippen LogP contribution in [0, 0.1) is 11.3 Å². The van der Waals surface area contributed by atoms with Crippen molar-refractivity contribution in [1.29, 1.82) is 5.41 Å². The third-order valence-corrected chi connectivity index (χ3v) is 3.88. The molecular weight excluding hydrogens is 248 g/mol. The molecule has 0 aliphatic heterocycles. The van der Waals surface area contributed by atoms with Crippen molar-refractivity contribution in [3.63, 3.8) is 0 Å². The molecule has 3 unspecified atom stereocenters. The minimum absolute atomic E-state index is 0.108. The second-order valence-electron chi connectivity index (χ2n) is 5.29. The van der Waals surface area contributed by atoms with Crippen LogP contribution in [0.25, 0.3) is 0 Å². The van der Waals surface area contributed by atoms with Gasteiger partial charge < -0.3 is 16.1 Å². The lowest BCUT2D eigenvalue weighted by molar-refractivity contribution is 0.494. The molecule has 4 heteroatoms. The van der Waals surface area contributed by atoms with Gasteiger partial charge in [-0.2, -0.15) is 0 Å². The second kappa shape index (κ2) is 6.98. The van der Waals surface area contributed by atoms with Crippen molar-refractivity contribution in [2.75, 3.05) is 7.05 Å². The predicted molar refractivity (Wildman–Crippen MR) is 85.1 cm³/mol. The van der Waals surface area contributed by atoms with Gasteiger partial charge in [-0.1, -0.05) is 30.3 Å². The van der Waals surface area contributed by atoms with Crippen LogP contribution >= 0.6 is 0 Å². The molecule has 3 N–H and O–H groups in total. The molecule has 4 nitrogen and oxygen atoms in total. The van der Waals surface area contributed by atoms with E-state index in [1.54, 1.807) is 7.05 Å². The number of benzene rings is 1. The SMILES string of the molecule is CN=CC1CC(=N)CC(c2ccccc2)CC1N=CN. The van der Waals surface area contributed by atoms with Crippen molar-refractivity contribution in [2.24, 2.45) is 21.6 Å². The summed E-state index contributed by atoms with van der Waals surface area (Å²) < 4.78 is 0. The van der Waals surface area contributed by atoms with Gasteiger partial charge in [0, 0.05) is 24.9 Å². The molecule has 0 amide bonds. The van der Waals surface area contributed by atoms with Crippen molar-refractivity contribution >= 4 is 18.3 Å². The number of nitrogens with one attached hydrogen (secondary N) is 1. The van der Waals surface area contributed by atoms with Gasteiger partial charge in [-0.05, 0) is 30.7 Å². The Bertz CT molecular complexity index is 492. The van der Waals surface area contributed by atoms with Crippen LogP contribution < -0.4 is 5.73 Å². The van der Waals surface area contributed by atoms with Crippen LogP contribution in [0.1, 0.15) is 30.7 Å². The van der Waals surface area contributed by atoms with E-state index < -0.39 is 0 Å². The fourth-order valence-corrected chi connectivity index (χ4v) is 2.96. The van der Waals surface area contributed by atoms with Gasteiger partial charge in [-0.25, -0.2) is 0 Å². The molecule has 20 heavy (non-hydrogen) atoms. The first-order chi connectivity index (χ1) is 9.74. The highest BCUT2D eigenvalue weighted by molar-refractivity contribution is 5.86. The predicted octanol–water partition coefficient (Wildman–Crippen LogP) is 2.65. The van der Waals surface area contributed by atoms with E-state index in [0.29, 0.717) is 5.92 Å². The molecule has 1 saturated carbocycles. The molecule has 0 bridgehead atoms. The van der Waals surface area contributed by atoms with E-state index in [2.05, 4.69) is 34.3 Å². The first-order valence-electron chi connectivity index (χ1n) is 7.01. The van der Waals surface area contributed by atoms with Crippen LogP contribution in [-0.4, -0.2) is 31.4 Å². The Kier molecular flexibility index (Phi) is 5.04. The lowest BCUT2D eigenvalue weighted by Gasteiger charge is -2.20. The van der Waals surface area contributed by atoms with Crippen molar-refractivity contribution in [2.45, 2.75) is 31.2 Å². The van der Waals surface area contributed by atoms with E-state index in [1.165, 1.54) is 11.9 Å². The minimum atomic E-state index is 0.108. The summed E-state index contributed by atoms with van der Waals surface area (Å²) in [6, 6.07) is 10.5. The van der Waals surface area contributed by atoms with Crippen LogP contribution in [0.2, 0.25) is 0 Å². The summed E-state index contributed by atoms with van der Waals surface area (Å²) in [6.45, 7) is 0. The number of hydrogen-bond donors (Lipinski definition) is 2. The molecule has 1 aromatic rings. The first-order valence-corrected chi connectivity index (χ1v) is 7.01. The average molecular weight is 270 g/mol. The van der Waals surface area contributed by atoms with Crippen LogP contribution in [0.3, 0.4) is 0 Å². The van der Waals surface area contributed by atoms with Crippen molar-refractivity contribution in [3.8, 4) is 0 Å². The van der Waals surface area contributed by atoms with Crippen LogP contribution in [-0.2, 0) is 0 Å². The van der Waals surface area contributed by atoms with Gasteiger partial charge in [0.2, 0.25) is 0 Å². The Morgan fingerprint density at radius 1 is 1.25 bits per heavy atom. The van der Waals surface area contributed by atoms with E-state index in [1.807, 2.05) is 12.3 Å². The third kappa shape index (κ3) is 3.53. The molecule has 0 spiro atoms. The van der Waals surface area contributed by atoms with E-state index in [-0.39, 0.29) is 12.0 Å². The number of nitrogens with two attached hydrogens (primary N) is 1. The largest absolute Gasteiger partial charge is 0.390 e. The standard InChI is InChI=1S/C16H22N4/c1-19-10-14-8-15(18)7-13(9-16(14)20-11-17)12-5-3-2-4-6-12/h2-6,10-11,13-14,16,18H,7-9H2,1H3,(H2,17,20). The maximum atomic E-state index is 8.19. The van der Waals surface area contributed by atoms with Crippen LogP contribution in [0.4, 0.5) is 0 Å². The topological polar surface area (TPSA) is 74.6 Å². The second-order valence-corrected chi connectivity index (χ2v) is 5.29. The summed E-state index contributed by atoms with van der Waals surface area (Å²) in [5.41, 5.74) is 7.56. The Morgan fingerprint density at radius 2 is 2.00 bits per heavy atom. The van der Waals surface area contributed by atoms with Gasteiger partial charge in [-0.3, -0.25) is 4.99 Å². The summed E-state index contributed by atoms with van der Waals surface area (Å²) in [4.78, 5) is 8.55. The van der Waals surface area contributed by atoms with Gasteiger partial charge in [0.25, 0.3) is 0 Å². The normalized spacial score (nSPS) is 28.1. The van der Waals surface area contributed by atoms with Crippen molar-refractivity contribution in [1.82, 2.24) is 0 Å². The molecule has 1 fully saturated rings.